The maximum absolute atomic E-state index is 12.1. The first-order valence-corrected chi connectivity index (χ1v) is 11.1. The predicted octanol–water partition coefficient (Wildman–Crippen LogP) is 4.77. The molecule has 0 bridgehead atoms. The number of hydrogen-bond acceptors (Lipinski definition) is 4. The van der Waals surface area contributed by atoms with Gasteiger partial charge in [0.25, 0.3) is 0 Å². The van der Waals surface area contributed by atoms with Crippen LogP contribution >= 0.6 is 11.8 Å². The molecule has 28 heavy (non-hydrogen) atoms. The molecule has 0 aliphatic carbocycles. The molecular formula is C23H31NO3S. The Morgan fingerprint density at radius 1 is 1.00 bits per heavy atom. The minimum Gasteiger partial charge on any atom is -0.490 e. The lowest BCUT2D eigenvalue weighted by molar-refractivity contribution is -0.120. The highest BCUT2D eigenvalue weighted by Crippen LogP contribution is 2.29. The topological polar surface area (TPSA) is 47.6 Å². The van der Waals surface area contributed by atoms with Crippen molar-refractivity contribution in [2.75, 3.05) is 25.5 Å². The van der Waals surface area contributed by atoms with E-state index in [4.69, 9.17) is 9.47 Å². The quantitative estimate of drug-likeness (QED) is 0.520. The molecule has 1 N–H and O–H groups in total. The van der Waals surface area contributed by atoms with Gasteiger partial charge in [0.1, 0.15) is 0 Å². The van der Waals surface area contributed by atoms with E-state index in [2.05, 4.69) is 36.5 Å². The third kappa shape index (κ3) is 7.85. The summed E-state index contributed by atoms with van der Waals surface area (Å²) in [7, 11) is 0. The molecule has 0 saturated heterocycles. The van der Waals surface area contributed by atoms with Crippen molar-refractivity contribution in [3.05, 3.63) is 59.2 Å². The minimum absolute atomic E-state index is 0.0861. The second-order valence-corrected chi connectivity index (χ2v) is 7.64. The Bertz CT molecular complexity index is 748. The molecule has 0 spiro atoms. The molecule has 2 rings (SSSR count). The molecule has 0 radical (unpaired) electrons. The Labute approximate surface area is 173 Å². The highest BCUT2D eigenvalue weighted by Gasteiger charge is 2.08. The van der Waals surface area contributed by atoms with Crippen molar-refractivity contribution in [1.82, 2.24) is 5.32 Å². The predicted molar refractivity (Wildman–Crippen MR) is 117 cm³/mol. The third-order valence-electron chi connectivity index (χ3n) is 4.17. The fraction of sp³-hybridized carbons (Fsp3) is 0.435. The summed E-state index contributed by atoms with van der Waals surface area (Å²) >= 11 is 1.84. The molecule has 0 fully saturated rings. The van der Waals surface area contributed by atoms with E-state index >= 15 is 0 Å². The van der Waals surface area contributed by atoms with E-state index in [1.54, 1.807) is 0 Å². The van der Waals surface area contributed by atoms with Crippen LogP contribution in [0, 0.1) is 6.92 Å². The van der Waals surface area contributed by atoms with Gasteiger partial charge in [0.05, 0.1) is 13.2 Å². The molecule has 0 atom stereocenters. The van der Waals surface area contributed by atoms with Crippen LogP contribution in [0.25, 0.3) is 0 Å². The van der Waals surface area contributed by atoms with E-state index in [1.807, 2.05) is 43.8 Å². The van der Waals surface area contributed by atoms with Crippen molar-refractivity contribution in [3.63, 3.8) is 0 Å². The molecule has 0 unspecified atom stereocenters. The molecule has 152 valence electrons. The van der Waals surface area contributed by atoms with Crippen LogP contribution in [0.15, 0.2) is 42.5 Å². The number of carbonyl (C=O) groups excluding carboxylic acids is 1. The summed E-state index contributed by atoms with van der Waals surface area (Å²) < 4.78 is 11.2. The Hall–Kier alpha value is -2.14. The van der Waals surface area contributed by atoms with Gasteiger partial charge in [0, 0.05) is 24.5 Å². The SMILES string of the molecule is CCOc1ccc(CCC(=O)NCCSCc2cccc(C)c2)cc1OCC. The summed E-state index contributed by atoms with van der Waals surface area (Å²) in [4.78, 5) is 12.1. The van der Waals surface area contributed by atoms with Crippen molar-refractivity contribution in [1.29, 1.82) is 0 Å². The van der Waals surface area contributed by atoms with Crippen molar-refractivity contribution in [2.24, 2.45) is 0 Å². The largest absolute Gasteiger partial charge is 0.490 e. The van der Waals surface area contributed by atoms with Crippen LogP contribution < -0.4 is 14.8 Å². The second-order valence-electron chi connectivity index (χ2n) is 6.54. The van der Waals surface area contributed by atoms with Crippen LogP contribution in [0.5, 0.6) is 11.5 Å². The summed E-state index contributed by atoms with van der Waals surface area (Å²) in [6.45, 7) is 7.90. The normalized spacial score (nSPS) is 10.5. The number of rotatable bonds is 12. The van der Waals surface area contributed by atoms with E-state index in [0.717, 1.165) is 28.6 Å². The van der Waals surface area contributed by atoms with Gasteiger partial charge < -0.3 is 14.8 Å². The lowest BCUT2D eigenvalue weighted by Crippen LogP contribution is -2.25. The number of amides is 1. The van der Waals surface area contributed by atoms with Crippen molar-refractivity contribution >= 4 is 17.7 Å². The third-order valence-corrected chi connectivity index (χ3v) is 5.20. The van der Waals surface area contributed by atoms with Crippen LogP contribution in [-0.4, -0.2) is 31.4 Å². The van der Waals surface area contributed by atoms with Crippen molar-refractivity contribution in [3.8, 4) is 11.5 Å². The van der Waals surface area contributed by atoms with Gasteiger partial charge in [0.15, 0.2) is 11.5 Å². The fourth-order valence-electron chi connectivity index (χ4n) is 2.85. The second kappa shape index (κ2) is 12.3. The average Bonchev–Trinajstić information content (AvgIpc) is 2.68. The van der Waals surface area contributed by atoms with E-state index < -0.39 is 0 Å². The number of carbonyl (C=O) groups is 1. The maximum Gasteiger partial charge on any atom is 0.220 e. The van der Waals surface area contributed by atoms with Crippen molar-refractivity contribution in [2.45, 2.75) is 39.4 Å². The van der Waals surface area contributed by atoms with E-state index in [-0.39, 0.29) is 5.91 Å². The van der Waals surface area contributed by atoms with Gasteiger partial charge in [-0.3, -0.25) is 4.79 Å². The van der Waals surface area contributed by atoms with E-state index in [9.17, 15) is 4.79 Å². The van der Waals surface area contributed by atoms with E-state index in [0.29, 0.717) is 32.6 Å². The van der Waals surface area contributed by atoms with Gasteiger partial charge in [-0.15, -0.1) is 0 Å². The molecule has 0 aliphatic heterocycles. The van der Waals surface area contributed by atoms with Crippen LogP contribution in [-0.2, 0) is 17.0 Å². The smallest absolute Gasteiger partial charge is 0.220 e. The summed E-state index contributed by atoms with van der Waals surface area (Å²) in [5, 5.41) is 3.01. The van der Waals surface area contributed by atoms with Crippen LogP contribution in [0.3, 0.4) is 0 Å². The molecule has 0 aliphatic rings. The highest BCUT2D eigenvalue weighted by molar-refractivity contribution is 7.98. The van der Waals surface area contributed by atoms with Gasteiger partial charge in [0.2, 0.25) is 5.91 Å². The van der Waals surface area contributed by atoms with Gasteiger partial charge in [-0.25, -0.2) is 0 Å². The molecule has 2 aromatic rings. The average molecular weight is 402 g/mol. The van der Waals surface area contributed by atoms with Gasteiger partial charge in [-0.2, -0.15) is 11.8 Å². The molecule has 1 amide bonds. The monoisotopic (exact) mass is 401 g/mol. The van der Waals surface area contributed by atoms with Gasteiger partial charge >= 0.3 is 0 Å². The zero-order valence-electron chi connectivity index (χ0n) is 17.1. The van der Waals surface area contributed by atoms with Crippen LogP contribution in [0.4, 0.5) is 0 Å². The molecule has 2 aromatic carbocycles. The summed E-state index contributed by atoms with van der Waals surface area (Å²) in [5.41, 5.74) is 3.70. The first-order valence-electron chi connectivity index (χ1n) is 9.90. The molecule has 0 aromatic heterocycles. The number of benzene rings is 2. The zero-order valence-corrected chi connectivity index (χ0v) is 17.9. The standard InChI is InChI=1S/C23H31NO3S/c1-4-26-21-11-9-19(16-22(21)27-5-2)10-12-23(25)24-13-14-28-17-20-8-6-7-18(3)15-20/h6-9,11,15-16H,4-5,10,12-14,17H2,1-3H3,(H,24,25). The molecule has 0 heterocycles. The van der Waals surface area contributed by atoms with Gasteiger partial charge in [-0.1, -0.05) is 35.9 Å². The number of aryl methyl sites for hydroxylation is 2. The Balaban J connectivity index is 1.68. The molecule has 5 heteroatoms. The maximum atomic E-state index is 12.1. The number of nitrogens with one attached hydrogen (secondary N) is 1. The first-order chi connectivity index (χ1) is 13.6. The molecule has 4 nitrogen and oxygen atoms in total. The Morgan fingerprint density at radius 3 is 2.54 bits per heavy atom. The summed E-state index contributed by atoms with van der Waals surface area (Å²) in [6.07, 6.45) is 1.16. The van der Waals surface area contributed by atoms with Gasteiger partial charge in [-0.05, 0) is 50.5 Å². The highest BCUT2D eigenvalue weighted by atomic mass is 32.2. The molecular weight excluding hydrogens is 370 g/mol. The summed E-state index contributed by atoms with van der Waals surface area (Å²) in [5.74, 6) is 3.47. The number of hydrogen-bond donors (Lipinski definition) is 1. The Kier molecular flexibility index (Phi) is 9.77. The zero-order chi connectivity index (χ0) is 20.2. The van der Waals surface area contributed by atoms with E-state index in [1.165, 1.54) is 11.1 Å². The first kappa shape index (κ1) is 22.2. The fourth-order valence-corrected chi connectivity index (χ4v) is 3.66. The number of thioether (sulfide) groups is 1. The van der Waals surface area contributed by atoms with Crippen molar-refractivity contribution < 1.29 is 14.3 Å². The lowest BCUT2D eigenvalue weighted by atomic mass is 10.1. The summed E-state index contributed by atoms with van der Waals surface area (Å²) in [6, 6.07) is 14.4. The van der Waals surface area contributed by atoms with Crippen LogP contribution in [0.1, 0.15) is 37.0 Å². The van der Waals surface area contributed by atoms with Crippen LogP contribution in [0.2, 0.25) is 0 Å². The lowest BCUT2D eigenvalue weighted by Gasteiger charge is -2.12. The molecule has 0 saturated carbocycles. The number of ether oxygens (including phenoxy) is 2. The minimum atomic E-state index is 0.0861. The Morgan fingerprint density at radius 2 is 1.79 bits per heavy atom.